The molecule has 1 aliphatic heterocycles. The number of fused-ring (bicyclic) bond motifs is 4. The van der Waals surface area contributed by atoms with E-state index in [9.17, 15) is 4.79 Å². The number of thiophene rings is 1. The molecule has 1 aromatic carbocycles. The Labute approximate surface area is 166 Å². The summed E-state index contributed by atoms with van der Waals surface area (Å²) in [6.45, 7) is 5.34. The molecule has 5 rings (SSSR count). The van der Waals surface area contributed by atoms with Crippen LogP contribution in [0.2, 0.25) is 0 Å². The van der Waals surface area contributed by atoms with Gasteiger partial charge in [-0.25, -0.2) is 9.97 Å². The molecule has 0 spiro atoms. The Bertz CT molecular complexity index is 1240. The third-order valence-corrected chi connectivity index (χ3v) is 6.38. The Hall–Kier alpha value is -2.57. The number of hydrogen-bond acceptors (Lipinski definition) is 5. The van der Waals surface area contributed by atoms with E-state index in [0.717, 1.165) is 39.8 Å². The lowest BCUT2D eigenvalue weighted by Gasteiger charge is -2.30. The molecule has 0 radical (unpaired) electrons. The molecule has 0 N–H and O–H groups in total. The van der Waals surface area contributed by atoms with Crippen LogP contribution in [0.5, 0.6) is 0 Å². The summed E-state index contributed by atoms with van der Waals surface area (Å²) in [6.07, 6.45) is 3.25. The minimum absolute atomic E-state index is 0.0125. The number of nitrogens with zero attached hydrogens (tertiary/aromatic N) is 3. The van der Waals surface area contributed by atoms with Crippen molar-refractivity contribution in [3.05, 3.63) is 69.9 Å². The molecule has 0 saturated carbocycles. The van der Waals surface area contributed by atoms with Crippen molar-refractivity contribution < 1.29 is 4.74 Å². The summed E-state index contributed by atoms with van der Waals surface area (Å²) in [7, 11) is 0. The van der Waals surface area contributed by atoms with E-state index >= 15 is 0 Å². The van der Waals surface area contributed by atoms with Gasteiger partial charge in [-0.05, 0) is 31.9 Å². The van der Waals surface area contributed by atoms with Crippen molar-refractivity contribution in [2.45, 2.75) is 45.4 Å². The highest BCUT2D eigenvalue weighted by Crippen LogP contribution is 2.34. The van der Waals surface area contributed by atoms with Crippen LogP contribution in [0.15, 0.2) is 47.5 Å². The maximum atomic E-state index is 13.0. The number of aromatic nitrogens is 3. The van der Waals surface area contributed by atoms with Crippen LogP contribution >= 0.6 is 11.3 Å². The Kier molecular flexibility index (Phi) is 4.07. The second-order valence-corrected chi connectivity index (χ2v) is 8.93. The van der Waals surface area contributed by atoms with E-state index in [1.807, 2.05) is 18.2 Å². The van der Waals surface area contributed by atoms with E-state index in [-0.39, 0.29) is 11.2 Å². The number of pyridine rings is 1. The quantitative estimate of drug-likeness (QED) is 0.528. The van der Waals surface area contributed by atoms with Crippen molar-refractivity contribution in [1.82, 2.24) is 14.5 Å². The lowest BCUT2D eigenvalue weighted by atomic mass is 9.95. The molecule has 3 aromatic heterocycles. The monoisotopic (exact) mass is 391 g/mol. The molecule has 0 atom stereocenters. The molecule has 5 nitrogen and oxygen atoms in total. The normalized spacial score (nSPS) is 15.8. The minimum atomic E-state index is -0.202. The summed E-state index contributed by atoms with van der Waals surface area (Å²) in [6, 6.07) is 12.3. The van der Waals surface area contributed by atoms with Crippen LogP contribution in [0.1, 0.15) is 30.7 Å². The summed E-state index contributed by atoms with van der Waals surface area (Å²) in [5.41, 5.74) is 3.94. The Morgan fingerprint density at radius 2 is 2.07 bits per heavy atom. The molecule has 0 fully saturated rings. The summed E-state index contributed by atoms with van der Waals surface area (Å²) < 4.78 is 8.31. The third kappa shape index (κ3) is 3.02. The topological polar surface area (TPSA) is 57.0 Å². The number of aryl methyl sites for hydroxylation is 2. The largest absolute Gasteiger partial charge is 0.370 e. The first kappa shape index (κ1) is 17.5. The summed E-state index contributed by atoms with van der Waals surface area (Å²) >= 11 is 1.45. The van der Waals surface area contributed by atoms with Crippen LogP contribution in [-0.2, 0) is 30.7 Å². The first-order chi connectivity index (χ1) is 13.5. The van der Waals surface area contributed by atoms with Crippen molar-refractivity contribution in [2.24, 2.45) is 0 Å². The van der Waals surface area contributed by atoms with Crippen LogP contribution in [0.4, 0.5) is 0 Å². The molecule has 1 aliphatic rings. The fourth-order valence-electron chi connectivity index (χ4n) is 3.73. The van der Waals surface area contributed by atoms with E-state index in [0.29, 0.717) is 17.9 Å². The molecule has 0 aliphatic carbocycles. The molecule has 0 saturated heterocycles. The first-order valence-electron chi connectivity index (χ1n) is 9.48. The number of ether oxygens (including phenoxy) is 1. The van der Waals surface area contributed by atoms with Gasteiger partial charge in [0.25, 0.3) is 5.56 Å². The Morgan fingerprint density at radius 1 is 1.25 bits per heavy atom. The van der Waals surface area contributed by atoms with Gasteiger partial charge in [0.05, 0.1) is 29.7 Å². The zero-order valence-electron chi connectivity index (χ0n) is 15.9. The van der Waals surface area contributed by atoms with E-state index in [2.05, 4.69) is 37.0 Å². The highest BCUT2D eigenvalue weighted by atomic mass is 32.1. The molecule has 28 heavy (non-hydrogen) atoms. The fourth-order valence-corrected chi connectivity index (χ4v) is 4.81. The maximum absolute atomic E-state index is 13.0. The second-order valence-electron chi connectivity index (χ2n) is 7.93. The van der Waals surface area contributed by atoms with E-state index in [4.69, 9.17) is 9.72 Å². The molecule has 4 aromatic rings. The highest BCUT2D eigenvalue weighted by molar-refractivity contribution is 7.25. The molecule has 4 heterocycles. The molecule has 0 bridgehead atoms. The highest BCUT2D eigenvalue weighted by Gasteiger charge is 2.28. The predicted molar refractivity (Wildman–Crippen MR) is 112 cm³/mol. The smallest absolute Gasteiger partial charge is 0.271 e. The van der Waals surface area contributed by atoms with E-state index < -0.39 is 0 Å². The summed E-state index contributed by atoms with van der Waals surface area (Å²) in [5.74, 6) is 0. The van der Waals surface area contributed by atoms with Gasteiger partial charge in [-0.15, -0.1) is 11.3 Å². The average molecular weight is 391 g/mol. The van der Waals surface area contributed by atoms with Gasteiger partial charge in [-0.2, -0.15) is 0 Å². The molecule has 142 valence electrons. The SMILES string of the molecule is CC1(C)Cc2nc3sc4c(=O)n(CCc5ccccc5)cnc4c3cc2CO1. The number of hydrogen-bond donors (Lipinski definition) is 0. The lowest BCUT2D eigenvalue weighted by molar-refractivity contribution is -0.0411. The Balaban J connectivity index is 1.55. The van der Waals surface area contributed by atoms with Gasteiger partial charge in [-0.1, -0.05) is 30.3 Å². The van der Waals surface area contributed by atoms with Gasteiger partial charge in [0.1, 0.15) is 9.53 Å². The van der Waals surface area contributed by atoms with Gasteiger partial charge in [0, 0.05) is 23.9 Å². The van der Waals surface area contributed by atoms with Crippen LogP contribution in [0.3, 0.4) is 0 Å². The summed E-state index contributed by atoms with van der Waals surface area (Å²) in [5, 5.41) is 0.953. The van der Waals surface area contributed by atoms with Crippen molar-refractivity contribution >= 4 is 31.8 Å². The van der Waals surface area contributed by atoms with Crippen LogP contribution < -0.4 is 5.56 Å². The first-order valence-corrected chi connectivity index (χ1v) is 10.3. The second kappa shape index (κ2) is 6.50. The van der Waals surface area contributed by atoms with Gasteiger partial charge in [-0.3, -0.25) is 9.36 Å². The van der Waals surface area contributed by atoms with Crippen LogP contribution in [0, 0.1) is 0 Å². The van der Waals surface area contributed by atoms with Crippen molar-refractivity contribution in [2.75, 3.05) is 0 Å². The minimum Gasteiger partial charge on any atom is -0.370 e. The van der Waals surface area contributed by atoms with E-state index in [1.165, 1.54) is 16.9 Å². The molecule has 0 amide bonds. The van der Waals surface area contributed by atoms with Gasteiger partial charge < -0.3 is 4.74 Å². The van der Waals surface area contributed by atoms with Gasteiger partial charge in [0.2, 0.25) is 0 Å². The molecular formula is C22H21N3O2S. The van der Waals surface area contributed by atoms with Crippen molar-refractivity contribution in [3.8, 4) is 0 Å². The molecule has 6 heteroatoms. The van der Waals surface area contributed by atoms with Crippen LogP contribution in [-0.4, -0.2) is 20.1 Å². The number of rotatable bonds is 3. The maximum Gasteiger partial charge on any atom is 0.271 e. The van der Waals surface area contributed by atoms with Crippen molar-refractivity contribution in [1.29, 1.82) is 0 Å². The third-order valence-electron chi connectivity index (χ3n) is 5.30. The Morgan fingerprint density at radius 3 is 2.89 bits per heavy atom. The molecular weight excluding hydrogens is 370 g/mol. The zero-order valence-corrected chi connectivity index (χ0v) is 16.8. The van der Waals surface area contributed by atoms with E-state index in [1.54, 1.807) is 10.9 Å². The predicted octanol–water partition coefficient (Wildman–Crippen LogP) is 4.10. The van der Waals surface area contributed by atoms with Gasteiger partial charge >= 0.3 is 0 Å². The lowest BCUT2D eigenvalue weighted by Crippen LogP contribution is -2.32. The summed E-state index contributed by atoms with van der Waals surface area (Å²) in [4.78, 5) is 23.4. The fraction of sp³-hybridized carbons (Fsp3) is 0.318. The number of benzene rings is 1. The molecule has 0 unspecified atom stereocenters. The van der Waals surface area contributed by atoms with Gasteiger partial charge in [0.15, 0.2) is 0 Å². The standard InChI is InChI=1S/C22H21N3O2S/c1-22(2)11-17-15(12-27-22)10-16-18-19(28-20(16)24-17)21(26)25(13-23-18)9-8-14-6-4-3-5-7-14/h3-7,10,13H,8-9,11-12H2,1-2H3. The zero-order chi connectivity index (χ0) is 19.3. The van der Waals surface area contributed by atoms with Crippen LogP contribution in [0.25, 0.3) is 20.4 Å². The van der Waals surface area contributed by atoms with Crippen molar-refractivity contribution in [3.63, 3.8) is 0 Å². The average Bonchev–Trinajstić information content (AvgIpc) is 3.04.